The normalized spacial score (nSPS) is 40.9. The maximum Gasteiger partial charge on any atom is 0.135 e. The molecule has 0 spiro atoms. The quantitative estimate of drug-likeness (QED) is 0.516. The number of Topliss-reactive ketones (excluding diaryl/α,β-unsaturated/α-hetero) is 1. The molecule has 3 atom stereocenters. The number of carbonyl (C=O) groups is 1. The van der Waals surface area contributed by atoms with E-state index in [1.54, 1.807) is 0 Å². The highest BCUT2D eigenvalue weighted by Crippen LogP contribution is 2.46. The Bertz CT molecular complexity index is 214. The van der Waals surface area contributed by atoms with Gasteiger partial charge in [0.25, 0.3) is 0 Å². The van der Waals surface area contributed by atoms with Crippen LogP contribution in [-0.2, 0) is 9.53 Å². The Morgan fingerprint density at radius 3 is 2.58 bits per heavy atom. The van der Waals surface area contributed by atoms with Crippen molar-refractivity contribution in [3.63, 3.8) is 0 Å². The number of ether oxygens (including phenoxy) is 1. The van der Waals surface area contributed by atoms with Gasteiger partial charge >= 0.3 is 0 Å². The molecule has 2 heteroatoms. The minimum absolute atomic E-state index is 0.218. The Hall–Kier alpha value is -0.370. The smallest absolute Gasteiger partial charge is 0.135 e. The molecule has 2 nitrogen and oxygen atoms in total. The van der Waals surface area contributed by atoms with Crippen molar-refractivity contribution in [3.8, 4) is 0 Å². The first-order chi connectivity index (χ1) is 5.48. The fourth-order valence-corrected chi connectivity index (χ4v) is 2.14. The van der Waals surface area contributed by atoms with E-state index in [-0.39, 0.29) is 11.5 Å². The van der Waals surface area contributed by atoms with Crippen molar-refractivity contribution in [2.45, 2.75) is 45.8 Å². The first kappa shape index (κ1) is 8.24. The van der Waals surface area contributed by atoms with Crippen molar-refractivity contribution in [2.75, 3.05) is 0 Å². The number of carbonyl (C=O) groups excluding carboxylic acids is 1. The number of hydrogen-bond acceptors (Lipinski definition) is 2. The van der Waals surface area contributed by atoms with E-state index < -0.39 is 0 Å². The summed E-state index contributed by atoms with van der Waals surface area (Å²) in [6, 6.07) is 0. The van der Waals surface area contributed by atoms with E-state index in [4.69, 9.17) is 4.74 Å². The fourth-order valence-electron chi connectivity index (χ4n) is 2.14. The van der Waals surface area contributed by atoms with Gasteiger partial charge in [0.05, 0.1) is 12.2 Å². The molecule has 2 aliphatic rings. The van der Waals surface area contributed by atoms with Crippen molar-refractivity contribution in [1.82, 2.24) is 0 Å². The monoisotopic (exact) mass is 168 g/mol. The van der Waals surface area contributed by atoms with Crippen LogP contribution in [0.4, 0.5) is 0 Å². The van der Waals surface area contributed by atoms with Crippen molar-refractivity contribution in [3.05, 3.63) is 0 Å². The molecule has 12 heavy (non-hydrogen) atoms. The lowest BCUT2D eigenvalue weighted by Crippen LogP contribution is -2.32. The molecule has 1 heterocycles. The van der Waals surface area contributed by atoms with Crippen LogP contribution in [0.5, 0.6) is 0 Å². The third-order valence-electron chi connectivity index (χ3n) is 3.01. The summed E-state index contributed by atoms with van der Waals surface area (Å²) in [6.07, 6.45) is 2.06. The minimum atomic E-state index is 0.218. The minimum Gasteiger partial charge on any atom is -0.369 e. The second-order valence-electron chi connectivity index (χ2n) is 5.06. The van der Waals surface area contributed by atoms with Crippen LogP contribution >= 0.6 is 0 Å². The highest BCUT2D eigenvalue weighted by Gasteiger charge is 2.53. The van der Waals surface area contributed by atoms with Crippen LogP contribution in [0.15, 0.2) is 0 Å². The first-order valence-corrected chi connectivity index (χ1v) is 4.65. The highest BCUT2D eigenvalue weighted by atomic mass is 16.6. The van der Waals surface area contributed by atoms with Crippen LogP contribution in [0.3, 0.4) is 0 Å². The van der Waals surface area contributed by atoms with Crippen molar-refractivity contribution < 1.29 is 9.53 Å². The lowest BCUT2D eigenvalue weighted by Gasteiger charge is -2.30. The molecule has 1 saturated heterocycles. The molecule has 0 radical (unpaired) electrons. The zero-order valence-electron chi connectivity index (χ0n) is 7.96. The third kappa shape index (κ3) is 1.28. The van der Waals surface area contributed by atoms with E-state index in [0.717, 1.165) is 6.42 Å². The molecule has 1 aliphatic heterocycles. The average Bonchev–Trinajstić information content (AvgIpc) is 2.61. The number of ketones is 1. The molecule has 0 aromatic heterocycles. The average molecular weight is 168 g/mol. The Morgan fingerprint density at radius 1 is 1.33 bits per heavy atom. The zero-order chi connectivity index (χ0) is 8.93. The van der Waals surface area contributed by atoms with Crippen LogP contribution in [0.2, 0.25) is 0 Å². The molecule has 2 rings (SSSR count). The second-order valence-corrected chi connectivity index (χ2v) is 5.06. The van der Waals surface area contributed by atoms with Gasteiger partial charge in [0.15, 0.2) is 0 Å². The SMILES string of the molecule is CC(C)(C)[C@@H]1CC(=O)C[C@@H]2O[C@@H]21. The van der Waals surface area contributed by atoms with E-state index in [1.165, 1.54) is 0 Å². The first-order valence-electron chi connectivity index (χ1n) is 4.65. The van der Waals surface area contributed by atoms with E-state index in [0.29, 0.717) is 24.2 Å². The molecule has 2 fully saturated rings. The Kier molecular flexibility index (Phi) is 1.59. The topological polar surface area (TPSA) is 29.6 Å². The van der Waals surface area contributed by atoms with Crippen LogP contribution < -0.4 is 0 Å². The number of epoxide rings is 1. The number of hydrogen-bond donors (Lipinski definition) is 0. The lowest BCUT2D eigenvalue weighted by atomic mass is 9.72. The van der Waals surface area contributed by atoms with Crippen LogP contribution in [-0.4, -0.2) is 18.0 Å². The molecule has 0 unspecified atom stereocenters. The second kappa shape index (κ2) is 2.32. The molecule has 0 N–H and O–H groups in total. The Morgan fingerprint density at radius 2 is 2.00 bits per heavy atom. The summed E-state index contributed by atoms with van der Waals surface area (Å²) in [5.74, 6) is 0.831. The lowest BCUT2D eigenvalue weighted by molar-refractivity contribution is -0.121. The molecule has 1 aliphatic carbocycles. The predicted octanol–water partition coefficient (Wildman–Crippen LogP) is 1.78. The van der Waals surface area contributed by atoms with Gasteiger partial charge in [-0.25, -0.2) is 0 Å². The van der Waals surface area contributed by atoms with Gasteiger partial charge in [-0.15, -0.1) is 0 Å². The summed E-state index contributed by atoms with van der Waals surface area (Å²) in [6.45, 7) is 6.57. The summed E-state index contributed by atoms with van der Waals surface area (Å²) < 4.78 is 5.47. The van der Waals surface area contributed by atoms with Crippen molar-refractivity contribution in [2.24, 2.45) is 11.3 Å². The van der Waals surface area contributed by atoms with Gasteiger partial charge in [0.2, 0.25) is 0 Å². The standard InChI is InChI=1S/C10H16O2/c1-10(2,3)7-4-6(11)5-8-9(7)12-8/h7-9H,4-5H2,1-3H3/t7-,8+,9-/m1/s1. The molecule has 0 amide bonds. The van der Waals surface area contributed by atoms with Gasteiger partial charge in [-0.2, -0.15) is 0 Å². The largest absolute Gasteiger partial charge is 0.369 e. The van der Waals surface area contributed by atoms with E-state index in [2.05, 4.69) is 20.8 Å². The Labute approximate surface area is 73.3 Å². The van der Waals surface area contributed by atoms with Gasteiger partial charge in [-0.05, 0) is 11.3 Å². The maximum absolute atomic E-state index is 11.3. The number of fused-ring (bicyclic) bond motifs is 1. The van der Waals surface area contributed by atoms with E-state index in [9.17, 15) is 4.79 Å². The summed E-state index contributed by atoms with van der Waals surface area (Å²) in [4.78, 5) is 11.3. The summed E-state index contributed by atoms with van der Waals surface area (Å²) in [5.41, 5.74) is 0.218. The fraction of sp³-hybridized carbons (Fsp3) is 0.900. The van der Waals surface area contributed by atoms with Gasteiger partial charge in [-0.3, -0.25) is 4.79 Å². The van der Waals surface area contributed by atoms with Crippen molar-refractivity contribution in [1.29, 1.82) is 0 Å². The van der Waals surface area contributed by atoms with Gasteiger partial charge in [0, 0.05) is 12.8 Å². The van der Waals surface area contributed by atoms with Crippen molar-refractivity contribution >= 4 is 5.78 Å². The molecule has 0 aromatic rings. The van der Waals surface area contributed by atoms with Crippen LogP contribution in [0.1, 0.15) is 33.6 Å². The maximum atomic E-state index is 11.3. The summed E-state index contributed by atoms with van der Waals surface area (Å²) in [7, 11) is 0. The van der Waals surface area contributed by atoms with Gasteiger partial charge in [-0.1, -0.05) is 20.8 Å². The third-order valence-corrected chi connectivity index (χ3v) is 3.01. The molecule has 1 saturated carbocycles. The van der Waals surface area contributed by atoms with Crippen LogP contribution in [0, 0.1) is 11.3 Å². The number of rotatable bonds is 0. The molecule has 68 valence electrons. The molecule has 0 bridgehead atoms. The predicted molar refractivity (Wildman–Crippen MR) is 45.8 cm³/mol. The molecule has 0 aromatic carbocycles. The van der Waals surface area contributed by atoms with E-state index >= 15 is 0 Å². The summed E-state index contributed by atoms with van der Waals surface area (Å²) in [5, 5.41) is 0. The van der Waals surface area contributed by atoms with Crippen LogP contribution in [0.25, 0.3) is 0 Å². The highest BCUT2D eigenvalue weighted by molar-refractivity contribution is 5.81. The Balaban J connectivity index is 2.11. The van der Waals surface area contributed by atoms with Gasteiger partial charge in [0.1, 0.15) is 5.78 Å². The van der Waals surface area contributed by atoms with Gasteiger partial charge < -0.3 is 4.74 Å². The molecular weight excluding hydrogens is 152 g/mol. The molecular formula is C10H16O2. The summed E-state index contributed by atoms with van der Waals surface area (Å²) >= 11 is 0. The van der Waals surface area contributed by atoms with E-state index in [1.807, 2.05) is 0 Å². The zero-order valence-corrected chi connectivity index (χ0v) is 7.96.